The highest BCUT2D eigenvalue weighted by atomic mass is 32.2. The fourth-order valence-corrected chi connectivity index (χ4v) is 5.10. The molecule has 0 saturated heterocycles. The van der Waals surface area contributed by atoms with E-state index in [-0.39, 0.29) is 6.04 Å². The van der Waals surface area contributed by atoms with Gasteiger partial charge in [0.15, 0.2) is 0 Å². The summed E-state index contributed by atoms with van der Waals surface area (Å²) in [6, 6.07) is -0.0799. The van der Waals surface area contributed by atoms with Crippen LogP contribution in [0.15, 0.2) is 10.3 Å². The maximum absolute atomic E-state index is 12.6. The number of nitrogens with zero attached hydrogens (tertiary/aromatic N) is 1. The van der Waals surface area contributed by atoms with E-state index in [1.54, 1.807) is 0 Å². The van der Waals surface area contributed by atoms with Gasteiger partial charge in [0.25, 0.3) is 0 Å². The molecule has 21 heavy (non-hydrogen) atoms. The molecule has 1 heterocycles. The number of sulfonamides is 1. The van der Waals surface area contributed by atoms with Gasteiger partial charge in [-0.25, -0.2) is 13.1 Å². The monoisotopic (exact) mass is 333 g/mol. The van der Waals surface area contributed by atoms with Gasteiger partial charge in [0.1, 0.15) is 4.90 Å². The Balaban J connectivity index is 2.84. The van der Waals surface area contributed by atoms with Gasteiger partial charge < -0.3 is 10.2 Å². The summed E-state index contributed by atoms with van der Waals surface area (Å²) in [4.78, 5) is 3.38. The molecule has 1 rings (SSSR count). The lowest BCUT2D eigenvalue weighted by Crippen LogP contribution is -2.35. The average Bonchev–Trinajstić information content (AvgIpc) is 2.75. The normalized spacial score (nSPS) is 13.8. The smallest absolute Gasteiger partial charge is 0.242 e. The van der Waals surface area contributed by atoms with E-state index in [1.165, 1.54) is 11.3 Å². The molecular formula is C14H27N3O2S2. The van der Waals surface area contributed by atoms with Gasteiger partial charge in [-0.05, 0) is 58.4 Å². The second-order valence-corrected chi connectivity index (χ2v) is 8.18. The topological polar surface area (TPSA) is 61.4 Å². The summed E-state index contributed by atoms with van der Waals surface area (Å²) < 4.78 is 28.0. The highest BCUT2D eigenvalue weighted by molar-refractivity contribution is 7.89. The number of thiophene rings is 1. The fourth-order valence-electron chi connectivity index (χ4n) is 2.04. The minimum atomic E-state index is -3.45. The molecule has 0 spiro atoms. The van der Waals surface area contributed by atoms with Crippen molar-refractivity contribution < 1.29 is 8.42 Å². The minimum absolute atomic E-state index is 0.0799. The van der Waals surface area contributed by atoms with Crippen LogP contribution < -0.4 is 10.0 Å². The Morgan fingerprint density at radius 3 is 2.62 bits per heavy atom. The first-order valence-corrected chi connectivity index (χ1v) is 9.59. The van der Waals surface area contributed by atoms with Gasteiger partial charge in [-0.1, -0.05) is 6.92 Å². The van der Waals surface area contributed by atoms with Gasteiger partial charge >= 0.3 is 0 Å². The quantitative estimate of drug-likeness (QED) is 0.723. The lowest BCUT2D eigenvalue weighted by atomic mass is 10.2. The number of hydrogen-bond acceptors (Lipinski definition) is 5. The second kappa shape index (κ2) is 8.24. The Kier molecular flexibility index (Phi) is 7.29. The predicted molar refractivity (Wildman–Crippen MR) is 89.4 cm³/mol. The highest BCUT2D eigenvalue weighted by Crippen LogP contribution is 2.27. The number of nitrogens with one attached hydrogen (secondary N) is 2. The Labute approximate surface area is 132 Å². The highest BCUT2D eigenvalue weighted by Gasteiger charge is 2.24. The van der Waals surface area contributed by atoms with Gasteiger partial charge in [0.2, 0.25) is 10.0 Å². The molecule has 0 fully saturated rings. The lowest BCUT2D eigenvalue weighted by molar-refractivity contribution is 0.379. The van der Waals surface area contributed by atoms with Gasteiger partial charge in [0, 0.05) is 17.5 Å². The van der Waals surface area contributed by atoms with Crippen LogP contribution in [0.3, 0.4) is 0 Å². The van der Waals surface area contributed by atoms with Crippen LogP contribution in [0, 0.1) is 6.92 Å². The SMILES string of the molecule is CCNCc1scc(C)c1S(=O)(=O)NC(C)CCN(C)C. The summed E-state index contributed by atoms with van der Waals surface area (Å²) in [6.07, 6.45) is 0.790. The first kappa shape index (κ1) is 18.6. The maximum Gasteiger partial charge on any atom is 0.242 e. The second-order valence-electron chi connectivity index (χ2n) is 5.57. The first-order chi connectivity index (χ1) is 9.77. The summed E-state index contributed by atoms with van der Waals surface area (Å²) in [5, 5.41) is 5.10. The molecule has 1 atom stereocenters. The van der Waals surface area contributed by atoms with E-state index >= 15 is 0 Å². The largest absolute Gasteiger partial charge is 0.312 e. The van der Waals surface area contributed by atoms with E-state index < -0.39 is 10.0 Å². The fraction of sp³-hybridized carbons (Fsp3) is 0.714. The van der Waals surface area contributed by atoms with Gasteiger partial charge in [-0.15, -0.1) is 11.3 Å². The van der Waals surface area contributed by atoms with Crippen LogP contribution in [0.2, 0.25) is 0 Å². The van der Waals surface area contributed by atoms with Gasteiger partial charge in [-0.2, -0.15) is 0 Å². The molecule has 0 aliphatic carbocycles. The standard InChI is InChI=1S/C14H27N3O2S2/c1-6-15-9-13-14(11(2)10-20-13)21(18,19)16-12(3)7-8-17(4)5/h10,12,15-16H,6-9H2,1-5H3. The van der Waals surface area contributed by atoms with Crippen LogP contribution in [-0.2, 0) is 16.6 Å². The van der Waals surface area contributed by atoms with E-state index in [2.05, 4.69) is 14.9 Å². The molecule has 0 aromatic carbocycles. The van der Waals surface area contributed by atoms with Gasteiger partial charge in [-0.3, -0.25) is 0 Å². The van der Waals surface area contributed by atoms with E-state index in [0.717, 1.165) is 30.0 Å². The molecule has 2 N–H and O–H groups in total. The van der Waals surface area contributed by atoms with Crippen LogP contribution in [-0.4, -0.2) is 46.5 Å². The third kappa shape index (κ3) is 5.67. The summed E-state index contributed by atoms with van der Waals surface area (Å²) >= 11 is 1.50. The summed E-state index contributed by atoms with van der Waals surface area (Å²) in [5.74, 6) is 0. The van der Waals surface area contributed by atoms with Crippen molar-refractivity contribution in [2.45, 2.75) is 44.7 Å². The van der Waals surface area contributed by atoms with Crippen molar-refractivity contribution in [3.05, 3.63) is 15.8 Å². The third-order valence-corrected chi connectivity index (χ3v) is 6.21. The Bertz CT molecular complexity index is 538. The molecule has 0 saturated carbocycles. The zero-order valence-electron chi connectivity index (χ0n) is 13.6. The van der Waals surface area contributed by atoms with Crippen molar-refractivity contribution >= 4 is 21.4 Å². The molecule has 122 valence electrons. The number of hydrogen-bond donors (Lipinski definition) is 2. The van der Waals surface area contributed by atoms with Crippen molar-refractivity contribution in [1.29, 1.82) is 0 Å². The summed E-state index contributed by atoms with van der Waals surface area (Å²) in [6.45, 7) is 8.05. The van der Waals surface area contributed by atoms with Crippen molar-refractivity contribution in [3.63, 3.8) is 0 Å². The molecular weight excluding hydrogens is 306 g/mol. The molecule has 5 nitrogen and oxygen atoms in total. The zero-order valence-corrected chi connectivity index (χ0v) is 15.2. The molecule has 1 aromatic rings. The zero-order chi connectivity index (χ0) is 16.0. The summed E-state index contributed by atoms with van der Waals surface area (Å²) in [5.41, 5.74) is 0.820. The molecule has 0 radical (unpaired) electrons. The Hall–Kier alpha value is -0.470. The van der Waals surface area contributed by atoms with E-state index in [9.17, 15) is 8.42 Å². The molecule has 0 aliphatic heterocycles. The average molecular weight is 334 g/mol. The number of rotatable bonds is 9. The predicted octanol–water partition coefficient (Wildman–Crippen LogP) is 1.78. The van der Waals surface area contributed by atoms with Crippen LogP contribution in [0.5, 0.6) is 0 Å². The van der Waals surface area contributed by atoms with Crippen molar-refractivity contribution in [2.75, 3.05) is 27.2 Å². The van der Waals surface area contributed by atoms with Crippen LogP contribution in [0.4, 0.5) is 0 Å². The van der Waals surface area contributed by atoms with E-state index in [4.69, 9.17) is 0 Å². The molecule has 0 amide bonds. The van der Waals surface area contributed by atoms with Crippen molar-refractivity contribution in [1.82, 2.24) is 14.9 Å². The van der Waals surface area contributed by atoms with Crippen LogP contribution in [0.1, 0.15) is 30.7 Å². The molecule has 1 aromatic heterocycles. The molecule has 1 unspecified atom stereocenters. The number of aryl methyl sites for hydroxylation is 1. The Morgan fingerprint density at radius 2 is 2.05 bits per heavy atom. The Morgan fingerprint density at radius 1 is 1.38 bits per heavy atom. The maximum atomic E-state index is 12.6. The molecule has 0 aliphatic rings. The van der Waals surface area contributed by atoms with E-state index in [0.29, 0.717) is 11.4 Å². The lowest BCUT2D eigenvalue weighted by Gasteiger charge is -2.17. The van der Waals surface area contributed by atoms with E-state index in [1.807, 2.05) is 40.2 Å². The van der Waals surface area contributed by atoms with Gasteiger partial charge in [0.05, 0.1) is 0 Å². The van der Waals surface area contributed by atoms with Crippen LogP contribution in [0.25, 0.3) is 0 Å². The molecule has 7 heteroatoms. The summed E-state index contributed by atoms with van der Waals surface area (Å²) in [7, 11) is 0.516. The first-order valence-electron chi connectivity index (χ1n) is 7.22. The third-order valence-electron chi connectivity index (χ3n) is 3.16. The minimum Gasteiger partial charge on any atom is -0.312 e. The van der Waals surface area contributed by atoms with Crippen LogP contribution >= 0.6 is 11.3 Å². The van der Waals surface area contributed by atoms with Crippen molar-refractivity contribution in [3.8, 4) is 0 Å². The molecule has 0 bridgehead atoms. The van der Waals surface area contributed by atoms with Crippen molar-refractivity contribution in [2.24, 2.45) is 0 Å².